The Morgan fingerprint density at radius 3 is 2.60 bits per heavy atom. The van der Waals surface area contributed by atoms with Crippen LogP contribution in [0.15, 0.2) is 77.0 Å². The largest absolute Gasteiger partial charge is 0.458 e. The van der Waals surface area contributed by atoms with E-state index in [1.807, 2.05) is 6.92 Å². The van der Waals surface area contributed by atoms with Crippen LogP contribution in [0.4, 0.5) is 5.69 Å². The summed E-state index contributed by atoms with van der Waals surface area (Å²) in [7, 11) is 0. The van der Waals surface area contributed by atoms with Gasteiger partial charge in [0.05, 0.1) is 33.9 Å². The number of hydrogen-bond donors (Lipinski definition) is 2. The van der Waals surface area contributed by atoms with E-state index in [-0.39, 0.29) is 29.4 Å². The summed E-state index contributed by atoms with van der Waals surface area (Å²) in [5.74, 6) is -1.57. The van der Waals surface area contributed by atoms with Crippen molar-refractivity contribution < 1.29 is 14.3 Å². The first-order chi connectivity index (χ1) is 16.8. The van der Waals surface area contributed by atoms with Crippen molar-refractivity contribution in [2.75, 3.05) is 17.7 Å². The van der Waals surface area contributed by atoms with Crippen LogP contribution in [0.25, 0.3) is 0 Å². The molecule has 1 aliphatic rings. The number of dihydropyridines is 1. The van der Waals surface area contributed by atoms with Crippen LogP contribution in [0.5, 0.6) is 0 Å². The molecule has 2 aromatic carbocycles. The van der Waals surface area contributed by atoms with E-state index >= 15 is 0 Å². The first-order valence-corrected chi connectivity index (χ1v) is 12.3. The van der Waals surface area contributed by atoms with Gasteiger partial charge in [0.15, 0.2) is 0 Å². The summed E-state index contributed by atoms with van der Waals surface area (Å²) < 4.78 is 5.29. The highest BCUT2D eigenvalue weighted by Crippen LogP contribution is 2.43. The van der Waals surface area contributed by atoms with Gasteiger partial charge in [0.2, 0.25) is 5.91 Å². The molecule has 0 saturated carbocycles. The third kappa shape index (κ3) is 6.09. The topological polar surface area (TPSA) is 91.2 Å². The number of ether oxygens (including phenoxy) is 1. The Morgan fingerprint density at radius 1 is 1.20 bits per heavy atom. The van der Waals surface area contributed by atoms with E-state index < -0.39 is 11.9 Å². The molecule has 35 heavy (non-hydrogen) atoms. The highest BCUT2D eigenvalue weighted by Gasteiger charge is 2.36. The van der Waals surface area contributed by atoms with Gasteiger partial charge in [0, 0.05) is 21.4 Å². The molecule has 3 rings (SSSR count). The van der Waals surface area contributed by atoms with Crippen molar-refractivity contribution >= 4 is 52.5 Å². The Balaban J connectivity index is 1.92. The van der Waals surface area contributed by atoms with E-state index in [0.717, 1.165) is 17.3 Å². The Labute approximate surface area is 218 Å². The maximum atomic E-state index is 12.9. The van der Waals surface area contributed by atoms with Gasteiger partial charge >= 0.3 is 5.97 Å². The number of anilines is 1. The smallest absolute Gasteiger partial charge is 0.337 e. The van der Waals surface area contributed by atoms with Crippen LogP contribution in [0.3, 0.4) is 0 Å². The standard InChI is InChI=1S/C26H23Cl2N3O3S/c1-4-12-34-26(33)23-16(3)30-25(18(13-29)24(23)17-8-5-6-9-20(17)28)35-14-22(32)31-21-11-7-10-19(27)15(21)2/h4-11,24,30H,1,12,14H2,2-3H3,(H,31,32)/t24-/m1/s1. The number of rotatable bonds is 8. The monoisotopic (exact) mass is 527 g/mol. The first kappa shape index (κ1) is 26.4. The van der Waals surface area contributed by atoms with Crippen LogP contribution in [0.1, 0.15) is 24.0 Å². The van der Waals surface area contributed by atoms with Crippen molar-refractivity contribution in [2.24, 2.45) is 0 Å². The van der Waals surface area contributed by atoms with E-state index in [2.05, 4.69) is 23.3 Å². The van der Waals surface area contributed by atoms with Crippen molar-refractivity contribution in [3.05, 3.63) is 98.2 Å². The number of benzene rings is 2. The number of carbonyl (C=O) groups is 2. The van der Waals surface area contributed by atoms with Gasteiger partial charge in [0.25, 0.3) is 0 Å². The quantitative estimate of drug-likeness (QED) is 0.318. The second-order valence-corrected chi connectivity index (χ2v) is 9.41. The molecule has 1 atom stereocenters. The number of hydrogen-bond acceptors (Lipinski definition) is 6. The summed E-state index contributed by atoms with van der Waals surface area (Å²) in [4.78, 5) is 25.6. The lowest BCUT2D eigenvalue weighted by molar-refractivity contribution is -0.138. The van der Waals surface area contributed by atoms with Crippen molar-refractivity contribution in [2.45, 2.75) is 19.8 Å². The van der Waals surface area contributed by atoms with Crippen molar-refractivity contribution in [1.82, 2.24) is 5.32 Å². The molecule has 180 valence electrons. The lowest BCUT2D eigenvalue weighted by atomic mass is 9.82. The molecule has 2 N–H and O–H groups in total. The van der Waals surface area contributed by atoms with Crippen LogP contribution < -0.4 is 10.6 Å². The minimum atomic E-state index is -0.756. The number of amides is 1. The molecule has 1 amide bonds. The Hall–Kier alpha value is -3.18. The van der Waals surface area contributed by atoms with Gasteiger partial charge in [0.1, 0.15) is 6.61 Å². The van der Waals surface area contributed by atoms with Crippen LogP contribution in [0.2, 0.25) is 10.0 Å². The molecule has 6 nitrogen and oxygen atoms in total. The first-order valence-electron chi connectivity index (χ1n) is 10.6. The van der Waals surface area contributed by atoms with Crippen molar-refractivity contribution in [1.29, 1.82) is 5.26 Å². The molecule has 1 aliphatic heterocycles. The summed E-state index contributed by atoms with van der Waals surface area (Å²) >= 11 is 13.8. The minimum absolute atomic E-state index is 0.0260. The third-order valence-electron chi connectivity index (χ3n) is 5.31. The summed E-state index contributed by atoms with van der Waals surface area (Å²) in [5.41, 5.74) is 3.03. The predicted octanol–water partition coefficient (Wildman–Crippen LogP) is 6.10. The number of allylic oxidation sites excluding steroid dienone is 2. The summed E-state index contributed by atoms with van der Waals surface area (Å²) in [6.07, 6.45) is 1.47. The second-order valence-electron chi connectivity index (χ2n) is 7.61. The molecular weight excluding hydrogens is 505 g/mol. The number of thioether (sulfide) groups is 1. The summed E-state index contributed by atoms with van der Waals surface area (Å²) in [6, 6.07) is 14.5. The fourth-order valence-electron chi connectivity index (χ4n) is 3.60. The number of nitrogens with zero attached hydrogens (tertiary/aromatic N) is 1. The third-order valence-corrected chi connectivity index (χ3v) is 7.08. The molecule has 0 unspecified atom stereocenters. The molecular formula is C26H23Cl2N3O3S. The molecule has 0 aliphatic carbocycles. The fourth-order valence-corrected chi connectivity index (χ4v) is 4.91. The van der Waals surface area contributed by atoms with Gasteiger partial charge in [-0.2, -0.15) is 5.26 Å². The zero-order chi connectivity index (χ0) is 25.5. The molecule has 0 radical (unpaired) electrons. The van der Waals surface area contributed by atoms with Gasteiger partial charge in [-0.15, -0.1) is 0 Å². The maximum Gasteiger partial charge on any atom is 0.337 e. The lowest BCUT2D eigenvalue weighted by Gasteiger charge is -2.29. The Kier molecular flexibility index (Phi) is 9.05. The van der Waals surface area contributed by atoms with Crippen LogP contribution in [0, 0.1) is 18.3 Å². The lowest BCUT2D eigenvalue weighted by Crippen LogP contribution is -2.29. The SMILES string of the molecule is C=CCOC(=O)C1=C(C)NC(SCC(=O)Nc2cccc(Cl)c2C)=C(C#N)[C@H]1c1ccccc1Cl. The molecule has 2 aromatic rings. The predicted molar refractivity (Wildman–Crippen MR) is 141 cm³/mol. The molecule has 0 saturated heterocycles. The van der Waals surface area contributed by atoms with Crippen molar-refractivity contribution in [3.8, 4) is 6.07 Å². The molecule has 1 heterocycles. The highest BCUT2D eigenvalue weighted by molar-refractivity contribution is 8.03. The maximum absolute atomic E-state index is 12.9. The van der Waals surface area contributed by atoms with E-state index in [0.29, 0.717) is 32.0 Å². The minimum Gasteiger partial charge on any atom is -0.458 e. The Morgan fingerprint density at radius 2 is 1.91 bits per heavy atom. The molecule has 0 aromatic heterocycles. The van der Waals surface area contributed by atoms with Gasteiger partial charge in [-0.3, -0.25) is 4.79 Å². The van der Waals surface area contributed by atoms with E-state index in [9.17, 15) is 14.9 Å². The van der Waals surface area contributed by atoms with Crippen LogP contribution in [-0.2, 0) is 14.3 Å². The Bertz CT molecular complexity index is 1280. The average Bonchev–Trinajstić information content (AvgIpc) is 2.84. The van der Waals surface area contributed by atoms with Gasteiger partial charge in [-0.25, -0.2) is 4.79 Å². The van der Waals surface area contributed by atoms with E-state index in [1.54, 1.807) is 49.4 Å². The average molecular weight is 528 g/mol. The number of halogens is 2. The number of nitrogens with one attached hydrogen (secondary N) is 2. The molecule has 9 heteroatoms. The van der Waals surface area contributed by atoms with E-state index in [1.165, 1.54) is 6.08 Å². The second kappa shape index (κ2) is 12.0. The molecule has 0 spiro atoms. The zero-order valence-corrected chi connectivity index (χ0v) is 21.5. The van der Waals surface area contributed by atoms with Gasteiger partial charge < -0.3 is 15.4 Å². The molecule has 0 fully saturated rings. The van der Waals surface area contributed by atoms with Gasteiger partial charge in [-0.05, 0) is 43.2 Å². The van der Waals surface area contributed by atoms with Crippen LogP contribution in [-0.4, -0.2) is 24.2 Å². The zero-order valence-electron chi connectivity index (χ0n) is 19.2. The van der Waals surface area contributed by atoms with Crippen molar-refractivity contribution in [3.63, 3.8) is 0 Å². The molecule has 0 bridgehead atoms. The highest BCUT2D eigenvalue weighted by atomic mass is 35.5. The normalized spacial score (nSPS) is 15.2. The summed E-state index contributed by atoms with van der Waals surface area (Å²) in [6.45, 7) is 7.14. The number of nitriles is 1. The summed E-state index contributed by atoms with van der Waals surface area (Å²) in [5, 5.41) is 17.5. The van der Waals surface area contributed by atoms with Gasteiger partial charge in [-0.1, -0.05) is 71.9 Å². The fraction of sp³-hybridized carbons (Fsp3) is 0.192. The number of esters is 1. The van der Waals surface area contributed by atoms with Crippen LogP contribution >= 0.6 is 35.0 Å². The number of carbonyl (C=O) groups excluding carboxylic acids is 2. The van der Waals surface area contributed by atoms with E-state index in [4.69, 9.17) is 27.9 Å².